The van der Waals surface area contributed by atoms with Gasteiger partial charge in [-0.05, 0) is 32.2 Å². The zero-order valence-corrected chi connectivity index (χ0v) is 8.93. The second kappa shape index (κ2) is 5.97. The van der Waals surface area contributed by atoms with Crippen molar-refractivity contribution < 1.29 is 9.53 Å². The van der Waals surface area contributed by atoms with E-state index < -0.39 is 0 Å². The third-order valence-corrected chi connectivity index (χ3v) is 2.83. The normalized spacial score (nSPS) is 11.4. The minimum Gasteiger partial charge on any atom is -0.469 e. The van der Waals surface area contributed by atoms with E-state index in [0.717, 1.165) is 25.7 Å². The quantitative estimate of drug-likeness (QED) is 0.644. The fraction of sp³-hybridized carbons (Fsp3) is 0.900. The van der Waals surface area contributed by atoms with Crippen molar-refractivity contribution in [2.45, 2.75) is 39.5 Å². The van der Waals surface area contributed by atoms with Crippen LogP contribution in [0.2, 0.25) is 0 Å². The second-order valence-corrected chi connectivity index (χ2v) is 3.37. The SMILES string of the molecule is CCC(CC)(CCCN)C(=O)OC. The minimum atomic E-state index is -0.297. The molecule has 0 fully saturated rings. The summed E-state index contributed by atoms with van der Waals surface area (Å²) in [5, 5.41) is 0. The van der Waals surface area contributed by atoms with Crippen LogP contribution in [0.5, 0.6) is 0 Å². The number of carbonyl (C=O) groups is 1. The van der Waals surface area contributed by atoms with Gasteiger partial charge in [-0.1, -0.05) is 13.8 Å². The van der Waals surface area contributed by atoms with E-state index in [2.05, 4.69) is 0 Å². The van der Waals surface area contributed by atoms with Gasteiger partial charge >= 0.3 is 5.97 Å². The number of hydrogen-bond acceptors (Lipinski definition) is 3. The summed E-state index contributed by atoms with van der Waals surface area (Å²) in [5.41, 5.74) is 5.14. The van der Waals surface area contributed by atoms with Crippen molar-refractivity contribution in [3.05, 3.63) is 0 Å². The number of esters is 1. The summed E-state index contributed by atoms with van der Waals surface area (Å²) in [7, 11) is 1.45. The molecule has 0 radical (unpaired) electrons. The van der Waals surface area contributed by atoms with Crippen LogP contribution in [0.1, 0.15) is 39.5 Å². The Morgan fingerprint density at radius 2 is 1.92 bits per heavy atom. The van der Waals surface area contributed by atoms with Crippen molar-refractivity contribution in [2.24, 2.45) is 11.1 Å². The first-order valence-corrected chi connectivity index (χ1v) is 4.95. The van der Waals surface area contributed by atoms with Crippen molar-refractivity contribution >= 4 is 5.97 Å². The first-order valence-electron chi connectivity index (χ1n) is 4.95. The van der Waals surface area contributed by atoms with Gasteiger partial charge < -0.3 is 10.5 Å². The Morgan fingerprint density at radius 1 is 1.38 bits per heavy atom. The molecule has 78 valence electrons. The van der Waals surface area contributed by atoms with E-state index >= 15 is 0 Å². The first-order chi connectivity index (χ1) is 6.16. The van der Waals surface area contributed by atoms with Gasteiger partial charge in [-0.2, -0.15) is 0 Å². The summed E-state index contributed by atoms with van der Waals surface area (Å²) in [6.45, 7) is 4.69. The van der Waals surface area contributed by atoms with Crippen molar-refractivity contribution in [1.29, 1.82) is 0 Å². The number of methoxy groups -OCH3 is 1. The fourth-order valence-electron chi connectivity index (χ4n) is 1.65. The molecule has 13 heavy (non-hydrogen) atoms. The average Bonchev–Trinajstić information content (AvgIpc) is 2.19. The highest BCUT2D eigenvalue weighted by Crippen LogP contribution is 2.33. The van der Waals surface area contributed by atoms with Crippen LogP contribution in [-0.4, -0.2) is 19.6 Å². The van der Waals surface area contributed by atoms with E-state index in [1.165, 1.54) is 7.11 Å². The third kappa shape index (κ3) is 2.99. The largest absolute Gasteiger partial charge is 0.469 e. The maximum absolute atomic E-state index is 11.5. The smallest absolute Gasteiger partial charge is 0.311 e. The lowest BCUT2D eigenvalue weighted by atomic mass is 9.78. The maximum atomic E-state index is 11.5. The Morgan fingerprint density at radius 3 is 2.23 bits per heavy atom. The number of hydrogen-bond donors (Lipinski definition) is 1. The molecule has 0 atom stereocenters. The van der Waals surface area contributed by atoms with E-state index in [1.54, 1.807) is 0 Å². The summed E-state index contributed by atoms with van der Waals surface area (Å²) >= 11 is 0. The third-order valence-electron chi connectivity index (χ3n) is 2.83. The van der Waals surface area contributed by atoms with Crippen LogP contribution in [0.4, 0.5) is 0 Å². The zero-order chi connectivity index (χ0) is 10.3. The van der Waals surface area contributed by atoms with Crippen molar-refractivity contribution in [3.8, 4) is 0 Å². The highest BCUT2D eigenvalue weighted by Gasteiger charge is 2.34. The summed E-state index contributed by atoms with van der Waals surface area (Å²) in [6, 6.07) is 0. The standard InChI is InChI=1S/C10H21NO2/c1-4-10(5-2,7-6-8-11)9(12)13-3/h4-8,11H2,1-3H3. The van der Waals surface area contributed by atoms with Gasteiger partial charge in [0, 0.05) is 0 Å². The lowest BCUT2D eigenvalue weighted by Gasteiger charge is -2.28. The van der Waals surface area contributed by atoms with E-state index in [4.69, 9.17) is 10.5 Å². The maximum Gasteiger partial charge on any atom is 0.311 e. The summed E-state index contributed by atoms with van der Waals surface area (Å²) in [4.78, 5) is 11.5. The van der Waals surface area contributed by atoms with Gasteiger partial charge in [0.15, 0.2) is 0 Å². The number of ether oxygens (including phenoxy) is 1. The molecule has 3 nitrogen and oxygen atoms in total. The minimum absolute atomic E-state index is 0.0917. The van der Waals surface area contributed by atoms with Crippen LogP contribution in [0, 0.1) is 5.41 Å². The molecule has 0 saturated heterocycles. The van der Waals surface area contributed by atoms with E-state index in [-0.39, 0.29) is 11.4 Å². The Labute approximate surface area is 80.6 Å². The van der Waals surface area contributed by atoms with Crippen molar-refractivity contribution in [3.63, 3.8) is 0 Å². The van der Waals surface area contributed by atoms with Crippen LogP contribution in [0.3, 0.4) is 0 Å². The Bertz CT molecular complexity index is 153. The second-order valence-electron chi connectivity index (χ2n) is 3.37. The molecule has 0 aliphatic heterocycles. The topological polar surface area (TPSA) is 52.3 Å². The molecule has 0 heterocycles. The molecule has 0 aliphatic carbocycles. The Hall–Kier alpha value is -0.570. The highest BCUT2D eigenvalue weighted by molar-refractivity contribution is 5.76. The van der Waals surface area contributed by atoms with Crippen molar-refractivity contribution in [1.82, 2.24) is 0 Å². The molecule has 0 saturated carbocycles. The first kappa shape index (κ1) is 12.4. The molecule has 0 rings (SSSR count). The molecule has 3 heteroatoms. The van der Waals surface area contributed by atoms with Crippen LogP contribution >= 0.6 is 0 Å². The van der Waals surface area contributed by atoms with Crippen LogP contribution < -0.4 is 5.73 Å². The molecule has 0 spiro atoms. The molecule has 0 aromatic heterocycles. The van der Waals surface area contributed by atoms with Gasteiger partial charge in [0.2, 0.25) is 0 Å². The van der Waals surface area contributed by atoms with Gasteiger partial charge in [0.05, 0.1) is 12.5 Å². The molecular formula is C10H21NO2. The van der Waals surface area contributed by atoms with Gasteiger partial charge in [0.1, 0.15) is 0 Å². The Kier molecular flexibility index (Phi) is 5.71. The Balaban J connectivity index is 4.39. The monoisotopic (exact) mass is 187 g/mol. The molecule has 0 unspecified atom stereocenters. The summed E-state index contributed by atoms with van der Waals surface area (Å²) in [6.07, 6.45) is 3.38. The molecule has 0 amide bonds. The van der Waals surface area contributed by atoms with E-state index in [0.29, 0.717) is 6.54 Å². The predicted molar refractivity (Wildman–Crippen MR) is 53.3 cm³/mol. The van der Waals surface area contributed by atoms with E-state index in [1.807, 2.05) is 13.8 Å². The fourth-order valence-corrected chi connectivity index (χ4v) is 1.65. The van der Waals surface area contributed by atoms with Crippen molar-refractivity contribution in [2.75, 3.05) is 13.7 Å². The van der Waals surface area contributed by atoms with Crippen LogP contribution in [0.15, 0.2) is 0 Å². The van der Waals surface area contributed by atoms with Crippen LogP contribution in [-0.2, 0) is 9.53 Å². The zero-order valence-electron chi connectivity index (χ0n) is 8.93. The molecule has 0 aromatic rings. The van der Waals surface area contributed by atoms with Gasteiger partial charge in [-0.15, -0.1) is 0 Å². The van der Waals surface area contributed by atoms with Gasteiger partial charge in [-0.3, -0.25) is 4.79 Å². The van der Waals surface area contributed by atoms with E-state index in [9.17, 15) is 4.79 Å². The predicted octanol–water partition coefficient (Wildman–Crippen LogP) is 1.70. The summed E-state index contributed by atoms with van der Waals surface area (Å²) in [5.74, 6) is -0.0917. The molecular weight excluding hydrogens is 166 g/mol. The number of rotatable bonds is 6. The van der Waals surface area contributed by atoms with Gasteiger partial charge in [-0.25, -0.2) is 0 Å². The number of nitrogens with two attached hydrogens (primary N) is 1. The van der Waals surface area contributed by atoms with Crippen LogP contribution in [0.25, 0.3) is 0 Å². The number of carbonyl (C=O) groups excluding carboxylic acids is 1. The molecule has 0 aromatic carbocycles. The average molecular weight is 187 g/mol. The highest BCUT2D eigenvalue weighted by atomic mass is 16.5. The lowest BCUT2D eigenvalue weighted by Crippen LogP contribution is -2.31. The molecule has 0 bridgehead atoms. The van der Waals surface area contributed by atoms with Gasteiger partial charge in [0.25, 0.3) is 0 Å². The summed E-state index contributed by atoms with van der Waals surface area (Å²) < 4.78 is 4.81. The molecule has 0 aliphatic rings. The molecule has 2 N–H and O–H groups in total. The lowest BCUT2D eigenvalue weighted by molar-refractivity contribution is -0.153.